The van der Waals surface area contributed by atoms with Crippen LogP contribution in [0.25, 0.3) is 0 Å². The number of rotatable bonds is 5. The van der Waals surface area contributed by atoms with Gasteiger partial charge in [-0.1, -0.05) is 12.1 Å². The van der Waals surface area contributed by atoms with Crippen LogP contribution in [0.1, 0.15) is 36.9 Å². The van der Waals surface area contributed by atoms with Gasteiger partial charge in [-0.25, -0.2) is 4.39 Å². The molecule has 2 N–H and O–H groups in total. The third kappa shape index (κ3) is 4.66. The van der Waals surface area contributed by atoms with Crippen molar-refractivity contribution in [1.29, 1.82) is 0 Å². The van der Waals surface area contributed by atoms with Gasteiger partial charge in [-0.3, -0.25) is 4.79 Å². The summed E-state index contributed by atoms with van der Waals surface area (Å²) in [6.45, 7) is 5.64. The Labute approximate surface area is 143 Å². The number of hydrogen-bond donors (Lipinski definition) is 2. The van der Waals surface area contributed by atoms with Crippen LogP contribution >= 0.6 is 12.4 Å². The van der Waals surface area contributed by atoms with E-state index < -0.39 is 5.41 Å². The van der Waals surface area contributed by atoms with Crippen molar-refractivity contribution in [2.75, 3.05) is 26.8 Å². The zero-order valence-corrected chi connectivity index (χ0v) is 14.8. The van der Waals surface area contributed by atoms with Crippen LogP contribution in [0.2, 0.25) is 0 Å². The fourth-order valence-corrected chi connectivity index (χ4v) is 2.93. The zero-order valence-electron chi connectivity index (χ0n) is 13.9. The van der Waals surface area contributed by atoms with Gasteiger partial charge in [0.05, 0.1) is 18.1 Å². The molecule has 23 heavy (non-hydrogen) atoms. The first-order valence-electron chi connectivity index (χ1n) is 7.75. The number of aryl methyl sites for hydroxylation is 1. The summed E-state index contributed by atoms with van der Waals surface area (Å²) in [6, 6.07) is 4.86. The fraction of sp³-hybridized carbons (Fsp3) is 0.588. The molecule has 0 aliphatic carbocycles. The Morgan fingerprint density at radius 2 is 2.09 bits per heavy atom. The molecule has 0 saturated carbocycles. The highest BCUT2D eigenvalue weighted by molar-refractivity contribution is 5.85. The average molecular weight is 345 g/mol. The lowest BCUT2D eigenvalue weighted by Gasteiger charge is -2.36. The molecule has 0 bridgehead atoms. The van der Waals surface area contributed by atoms with Crippen molar-refractivity contribution >= 4 is 18.3 Å². The number of carbonyl (C=O) groups is 1. The summed E-state index contributed by atoms with van der Waals surface area (Å²) in [5.41, 5.74) is 0.895. The molecule has 0 radical (unpaired) electrons. The summed E-state index contributed by atoms with van der Waals surface area (Å²) in [7, 11) is 1.62. The van der Waals surface area contributed by atoms with E-state index in [0.717, 1.165) is 31.5 Å². The van der Waals surface area contributed by atoms with Crippen LogP contribution in [0, 0.1) is 18.2 Å². The molecule has 0 aromatic heterocycles. The number of carbonyl (C=O) groups excluding carboxylic acids is 1. The minimum Gasteiger partial charge on any atom is -0.384 e. The predicted molar refractivity (Wildman–Crippen MR) is 91.4 cm³/mol. The van der Waals surface area contributed by atoms with E-state index in [-0.39, 0.29) is 30.2 Å². The first-order chi connectivity index (χ1) is 10.5. The third-order valence-electron chi connectivity index (χ3n) is 4.51. The van der Waals surface area contributed by atoms with Crippen LogP contribution in [0.5, 0.6) is 0 Å². The van der Waals surface area contributed by atoms with Crippen molar-refractivity contribution in [2.24, 2.45) is 5.41 Å². The molecular weight excluding hydrogens is 319 g/mol. The molecule has 2 rings (SSSR count). The molecule has 1 saturated heterocycles. The molecule has 1 aromatic rings. The standard InChI is InChI=1S/C17H25FN2O2.ClH/c1-12-4-5-14(10-15(12)18)13(2)20-16(21)17(11-22-3)6-8-19-9-7-17;/h4-5,10,13,19H,6-9,11H2,1-3H3,(H,20,21);1H. The van der Waals surface area contributed by atoms with Crippen molar-refractivity contribution in [2.45, 2.75) is 32.7 Å². The highest BCUT2D eigenvalue weighted by Crippen LogP contribution is 2.30. The molecule has 4 nitrogen and oxygen atoms in total. The number of piperidine rings is 1. The van der Waals surface area contributed by atoms with E-state index in [2.05, 4.69) is 10.6 Å². The molecule has 0 spiro atoms. The maximum atomic E-state index is 13.7. The Balaban J connectivity index is 0.00000264. The minimum atomic E-state index is -0.489. The highest BCUT2D eigenvalue weighted by Gasteiger charge is 2.40. The van der Waals surface area contributed by atoms with Crippen LogP contribution in [0.15, 0.2) is 18.2 Å². The number of hydrogen-bond acceptors (Lipinski definition) is 3. The van der Waals surface area contributed by atoms with Gasteiger partial charge in [0.25, 0.3) is 0 Å². The number of methoxy groups -OCH3 is 1. The molecule has 130 valence electrons. The van der Waals surface area contributed by atoms with Crippen molar-refractivity contribution in [1.82, 2.24) is 10.6 Å². The van der Waals surface area contributed by atoms with Crippen LogP contribution in [0.3, 0.4) is 0 Å². The second-order valence-electron chi connectivity index (χ2n) is 6.17. The van der Waals surface area contributed by atoms with Crippen molar-refractivity contribution in [3.63, 3.8) is 0 Å². The number of halogens is 2. The maximum Gasteiger partial charge on any atom is 0.229 e. The van der Waals surface area contributed by atoms with Crippen LogP contribution in [-0.4, -0.2) is 32.7 Å². The predicted octanol–water partition coefficient (Wildman–Crippen LogP) is 2.75. The van der Waals surface area contributed by atoms with Gasteiger partial charge >= 0.3 is 0 Å². The van der Waals surface area contributed by atoms with Gasteiger partial charge in [0.1, 0.15) is 5.82 Å². The second-order valence-corrected chi connectivity index (χ2v) is 6.17. The van der Waals surface area contributed by atoms with Gasteiger partial charge in [0, 0.05) is 7.11 Å². The lowest BCUT2D eigenvalue weighted by atomic mass is 9.78. The van der Waals surface area contributed by atoms with E-state index in [9.17, 15) is 9.18 Å². The molecule has 1 fully saturated rings. The number of benzene rings is 1. The van der Waals surface area contributed by atoms with E-state index in [0.29, 0.717) is 12.2 Å². The molecule has 1 aliphatic rings. The van der Waals surface area contributed by atoms with Crippen molar-refractivity contribution < 1.29 is 13.9 Å². The third-order valence-corrected chi connectivity index (χ3v) is 4.51. The lowest BCUT2D eigenvalue weighted by molar-refractivity contribution is -0.136. The van der Waals surface area contributed by atoms with Gasteiger partial charge in [-0.15, -0.1) is 12.4 Å². The summed E-state index contributed by atoms with van der Waals surface area (Å²) in [5, 5.41) is 6.29. The normalized spacial score (nSPS) is 17.9. The Bertz CT molecular complexity index is 528. The summed E-state index contributed by atoms with van der Waals surface area (Å²) in [4.78, 5) is 12.7. The van der Waals surface area contributed by atoms with E-state index in [1.165, 1.54) is 6.07 Å². The van der Waals surface area contributed by atoms with E-state index in [1.54, 1.807) is 20.1 Å². The number of ether oxygens (including phenoxy) is 1. The average Bonchev–Trinajstić information content (AvgIpc) is 2.51. The zero-order chi connectivity index (χ0) is 16.2. The Morgan fingerprint density at radius 3 is 2.65 bits per heavy atom. The Hall–Kier alpha value is -1.17. The van der Waals surface area contributed by atoms with E-state index in [1.807, 2.05) is 13.0 Å². The minimum absolute atomic E-state index is 0. The van der Waals surface area contributed by atoms with Crippen LogP contribution < -0.4 is 10.6 Å². The molecule has 1 amide bonds. The topological polar surface area (TPSA) is 50.4 Å². The first kappa shape index (κ1) is 19.9. The fourth-order valence-electron chi connectivity index (χ4n) is 2.93. The molecule has 1 unspecified atom stereocenters. The van der Waals surface area contributed by atoms with E-state index >= 15 is 0 Å². The molecule has 1 atom stereocenters. The molecule has 6 heteroatoms. The molecule has 1 aliphatic heterocycles. The molecular formula is C17H26ClFN2O2. The van der Waals surface area contributed by atoms with Crippen molar-refractivity contribution in [3.8, 4) is 0 Å². The van der Waals surface area contributed by atoms with Gasteiger partial charge in [-0.05, 0) is 57.0 Å². The second kappa shape index (κ2) is 8.62. The van der Waals surface area contributed by atoms with E-state index in [4.69, 9.17) is 4.74 Å². The van der Waals surface area contributed by atoms with Gasteiger partial charge < -0.3 is 15.4 Å². The monoisotopic (exact) mass is 344 g/mol. The first-order valence-corrected chi connectivity index (χ1v) is 7.75. The lowest BCUT2D eigenvalue weighted by Crippen LogP contribution is -2.50. The quantitative estimate of drug-likeness (QED) is 0.863. The van der Waals surface area contributed by atoms with Crippen LogP contribution in [0.4, 0.5) is 4.39 Å². The largest absolute Gasteiger partial charge is 0.384 e. The maximum absolute atomic E-state index is 13.7. The summed E-state index contributed by atoms with van der Waals surface area (Å²) < 4.78 is 19.0. The summed E-state index contributed by atoms with van der Waals surface area (Å²) >= 11 is 0. The SMILES string of the molecule is COCC1(C(=O)NC(C)c2ccc(C)c(F)c2)CCNCC1.Cl. The number of amides is 1. The highest BCUT2D eigenvalue weighted by atomic mass is 35.5. The van der Waals surface area contributed by atoms with Crippen molar-refractivity contribution in [3.05, 3.63) is 35.1 Å². The Kier molecular flexibility index (Phi) is 7.45. The van der Waals surface area contributed by atoms with Gasteiger partial charge in [-0.2, -0.15) is 0 Å². The van der Waals surface area contributed by atoms with Gasteiger partial charge in [0.15, 0.2) is 0 Å². The molecule has 1 aromatic carbocycles. The Morgan fingerprint density at radius 1 is 1.43 bits per heavy atom. The van der Waals surface area contributed by atoms with Gasteiger partial charge in [0.2, 0.25) is 5.91 Å². The summed E-state index contributed by atoms with van der Waals surface area (Å²) in [6.07, 6.45) is 1.50. The smallest absolute Gasteiger partial charge is 0.229 e. The number of nitrogens with one attached hydrogen (secondary N) is 2. The molecule has 1 heterocycles. The summed E-state index contributed by atoms with van der Waals surface area (Å²) in [5.74, 6) is -0.253. The van der Waals surface area contributed by atoms with Crippen LogP contribution in [-0.2, 0) is 9.53 Å².